The minimum Gasteiger partial charge on any atom is -0.507 e. The minimum atomic E-state index is -0.0918. The average molecular weight is 348 g/mol. The highest BCUT2D eigenvalue weighted by atomic mass is 16.5. The molecule has 0 amide bonds. The third-order valence-corrected chi connectivity index (χ3v) is 5.21. The number of hydrogen-bond donors (Lipinski definition) is 1. The Balaban J connectivity index is 2.01. The van der Waals surface area contributed by atoms with Crippen LogP contribution in [0.4, 0.5) is 0 Å². The van der Waals surface area contributed by atoms with Gasteiger partial charge in [-0.3, -0.25) is 9.80 Å². The molecule has 0 spiro atoms. The monoisotopic (exact) mass is 348 g/mol. The van der Waals surface area contributed by atoms with E-state index in [0.717, 1.165) is 63.7 Å². The first-order chi connectivity index (χ1) is 11.9. The Morgan fingerprint density at radius 2 is 1.40 bits per heavy atom. The maximum atomic E-state index is 10.6. The molecule has 2 aliphatic heterocycles. The highest BCUT2D eigenvalue weighted by Gasteiger charge is 2.31. The second-order valence-electron chi connectivity index (χ2n) is 8.15. The topological polar surface area (TPSA) is 45.2 Å². The van der Waals surface area contributed by atoms with Crippen LogP contribution < -0.4 is 0 Å². The summed E-state index contributed by atoms with van der Waals surface area (Å²) in [6.45, 7) is 15.3. The molecule has 1 aromatic carbocycles. The van der Waals surface area contributed by atoms with Crippen LogP contribution in [0.15, 0.2) is 12.1 Å². The molecule has 0 aromatic heterocycles. The molecule has 25 heavy (non-hydrogen) atoms. The molecule has 1 N–H and O–H groups in total. The van der Waals surface area contributed by atoms with Crippen LogP contribution in [0.1, 0.15) is 43.6 Å². The average Bonchev–Trinajstić information content (AvgIpc) is 2.59. The minimum absolute atomic E-state index is 0.0918. The van der Waals surface area contributed by atoms with E-state index in [4.69, 9.17) is 9.47 Å². The van der Waals surface area contributed by atoms with Crippen molar-refractivity contribution in [2.24, 2.45) is 0 Å². The predicted molar refractivity (Wildman–Crippen MR) is 99.1 cm³/mol. The number of phenols is 1. The van der Waals surface area contributed by atoms with Crippen LogP contribution >= 0.6 is 0 Å². The fraction of sp³-hybridized carbons (Fsp3) is 0.700. The van der Waals surface area contributed by atoms with E-state index in [0.29, 0.717) is 5.75 Å². The van der Waals surface area contributed by atoms with Crippen molar-refractivity contribution in [3.8, 4) is 5.75 Å². The number of phenolic OH excluding ortho intramolecular Hbond substituents is 1. The normalized spacial score (nSPS) is 21.0. The van der Waals surface area contributed by atoms with Gasteiger partial charge in [0.2, 0.25) is 0 Å². The maximum absolute atomic E-state index is 10.6. The second-order valence-corrected chi connectivity index (χ2v) is 8.15. The van der Waals surface area contributed by atoms with Gasteiger partial charge >= 0.3 is 0 Å². The highest BCUT2D eigenvalue weighted by molar-refractivity contribution is 5.47. The summed E-state index contributed by atoms with van der Waals surface area (Å²) >= 11 is 0. The molecule has 140 valence electrons. The molecule has 1 aromatic rings. The van der Waals surface area contributed by atoms with Crippen molar-refractivity contribution in [3.05, 3.63) is 28.8 Å². The van der Waals surface area contributed by atoms with E-state index in [-0.39, 0.29) is 11.6 Å². The molecule has 3 rings (SSSR count). The van der Waals surface area contributed by atoms with Gasteiger partial charge in [0, 0.05) is 26.2 Å². The van der Waals surface area contributed by atoms with Gasteiger partial charge in [-0.1, -0.05) is 20.8 Å². The molecule has 0 aliphatic carbocycles. The number of aryl methyl sites for hydroxylation is 1. The Hall–Kier alpha value is -1.14. The molecule has 0 unspecified atom stereocenters. The Kier molecular flexibility index (Phi) is 5.68. The van der Waals surface area contributed by atoms with Gasteiger partial charge < -0.3 is 14.6 Å². The zero-order chi connectivity index (χ0) is 18.0. The number of rotatable bonds is 3. The lowest BCUT2D eigenvalue weighted by molar-refractivity contribution is -0.0676. The smallest absolute Gasteiger partial charge is 0.122 e. The molecule has 5 heteroatoms. The van der Waals surface area contributed by atoms with Gasteiger partial charge in [0.1, 0.15) is 5.75 Å². The molecule has 0 radical (unpaired) electrons. The highest BCUT2D eigenvalue weighted by Crippen LogP contribution is 2.37. The standard InChI is InChI=1S/C20H32N2O3/c1-15-13-16(14-17(18(15)23)20(2,3)4)19(21-5-9-24-10-6-21)22-7-11-25-12-8-22/h13-14,19,23H,5-12H2,1-4H3. The lowest BCUT2D eigenvalue weighted by Gasteiger charge is -2.43. The molecule has 0 bridgehead atoms. The molecule has 5 nitrogen and oxygen atoms in total. The fourth-order valence-electron chi connectivity index (χ4n) is 3.82. The second kappa shape index (κ2) is 7.62. The summed E-state index contributed by atoms with van der Waals surface area (Å²) < 4.78 is 11.1. The molecule has 2 aliphatic rings. The van der Waals surface area contributed by atoms with E-state index in [2.05, 4.69) is 42.7 Å². The number of hydrogen-bond acceptors (Lipinski definition) is 5. The third-order valence-electron chi connectivity index (χ3n) is 5.21. The summed E-state index contributed by atoms with van der Waals surface area (Å²) in [6, 6.07) is 4.36. The predicted octanol–water partition coefficient (Wildman–Crippen LogP) is 2.66. The Morgan fingerprint density at radius 3 is 1.84 bits per heavy atom. The number of benzene rings is 1. The van der Waals surface area contributed by atoms with Crippen LogP contribution in [0, 0.1) is 6.92 Å². The van der Waals surface area contributed by atoms with Crippen LogP contribution in [0.25, 0.3) is 0 Å². The van der Waals surface area contributed by atoms with Crippen LogP contribution in [0.2, 0.25) is 0 Å². The molecule has 2 saturated heterocycles. The van der Waals surface area contributed by atoms with Gasteiger partial charge in [-0.25, -0.2) is 0 Å². The first-order valence-corrected chi connectivity index (χ1v) is 9.35. The first-order valence-electron chi connectivity index (χ1n) is 9.35. The Morgan fingerprint density at radius 1 is 0.920 bits per heavy atom. The van der Waals surface area contributed by atoms with Gasteiger partial charge in [-0.05, 0) is 41.2 Å². The first kappa shape index (κ1) is 18.6. The van der Waals surface area contributed by atoms with Crippen molar-refractivity contribution in [1.29, 1.82) is 0 Å². The van der Waals surface area contributed by atoms with Crippen molar-refractivity contribution >= 4 is 0 Å². The lowest BCUT2D eigenvalue weighted by atomic mass is 9.83. The van der Waals surface area contributed by atoms with Crippen molar-refractivity contribution in [2.75, 3.05) is 52.6 Å². The van der Waals surface area contributed by atoms with Crippen molar-refractivity contribution in [2.45, 2.75) is 39.3 Å². The van der Waals surface area contributed by atoms with E-state index < -0.39 is 0 Å². The van der Waals surface area contributed by atoms with Crippen LogP contribution in [-0.2, 0) is 14.9 Å². The van der Waals surface area contributed by atoms with E-state index in [1.165, 1.54) is 5.56 Å². The van der Waals surface area contributed by atoms with Gasteiger partial charge in [0.05, 0.1) is 32.6 Å². The molecule has 0 atom stereocenters. The van der Waals surface area contributed by atoms with E-state index >= 15 is 0 Å². The largest absolute Gasteiger partial charge is 0.507 e. The molecular formula is C20H32N2O3. The van der Waals surface area contributed by atoms with Crippen LogP contribution in [-0.4, -0.2) is 67.5 Å². The summed E-state index contributed by atoms with van der Waals surface area (Å²) in [4.78, 5) is 5.01. The van der Waals surface area contributed by atoms with Crippen molar-refractivity contribution < 1.29 is 14.6 Å². The maximum Gasteiger partial charge on any atom is 0.122 e. The number of aromatic hydroxyl groups is 1. The van der Waals surface area contributed by atoms with Gasteiger partial charge in [-0.15, -0.1) is 0 Å². The summed E-state index contributed by atoms with van der Waals surface area (Å²) in [6.07, 6.45) is 0.216. The number of morpholine rings is 2. The van der Waals surface area contributed by atoms with E-state index in [1.54, 1.807) is 0 Å². The molecule has 2 heterocycles. The molecular weight excluding hydrogens is 316 g/mol. The Labute approximate surface area is 151 Å². The number of ether oxygens (including phenoxy) is 2. The quantitative estimate of drug-likeness (QED) is 0.910. The number of nitrogens with zero attached hydrogens (tertiary/aromatic N) is 2. The fourth-order valence-corrected chi connectivity index (χ4v) is 3.82. The van der Waals surface area contributed by atoms with Gasteiger partial charge in [0.15, 0.2) is 0 Å². The van der Waals surface area contributed by atoms with E-state index in [9.17, 15) is 5.11 Å². The van der Waals surface area contributed by atoms with Crippen molar-refractivity contribution in [3.63, 3.8) is 0 Å². The summed E-state index contributed by atoms with van der Waals surface area (Å²) in [5, 5.41) is 10.6. The van der Waals surface area contributed by atoms with Gasteiger partial charge in [-0.2, -0.15) is 0 Å². The van der Waals surface area contributed by atoms with Crippen LogP contribution in [0.5, 0.6) is 5.75 Å². The SMILES string of the molecule is Cc1cc(C(N2CCOCC2)N2CCOCC2)cc(C(C)(C)C)c1O. The van der Waals surface area contributed by atoms with Gasteiger partial charge in [0.25, 0.3) is 0 Å². The van der Waals surface area contributed by atoms with Crippen molar-refractivity contribution in [1.82, 2.24) is 9.80 Å². The zero-order valence-electron chi connectivity index (χ0n) is 16.0. The molecule has 2 fully saturated rings. The van der Waals surface area contributed by atoms with E-state index in [1.807, 2.05) is 6.92 Å². The molecule has 0 saturated carbocycles. The zero-order valence-corrected chi connectivity index (χ0v) is 16.0. The third kappa shape index (κ3) is 4.17. The lowest BCUT2D eigenvalue weighted by Crippen LogP contribution is -2.50. The summed E-state index contributed by atoms with van der Waals surface area (Å²) in [5.41, 5.74) is 3.15. The summed E-state index contributed by atoms with van der Waals surface area (Å²) in [5.74, 6) is 0.430. The van der Waals surface area contributed by atoms with Crippen LogP contribution in [0.3, 0.4) is 0 Å². The summed E-state index contributed by atoms with van der Waals surface area (Å²) in [7, 11) is 0. The Bertz CT molecular complexity index is 567.